The highest BCUT2D eigenvalue weighted by molar-refractivity contribution is 5.90. The Labute approximate surface area is 203 Å². The van der Waals surface area contributed by atoms with Crippen LogP contribution in [0.15, 0.2) is 59.1 Å². The van der Waals surface area contributed by atoms with Crippen LogP contribution in [0.2, 0.25) is 0 Å². The van der Waals surface area contributed by atoms with Crippen molar-refractivity contribution in [2.75, 3.05) is 31.5 Å². The number of aromatic nitrogens is 1. The molecule has 7 rings (SSSR count). The van der Waals surface area contributed by atoms with Crippen molar-refractivity contribution in [3.05, 3.63) is 71.5 Å². The SMILES string of the molecule is Cc1cc(NC(=O)C[N+]23CCC(CC2)[C@@H](OC(=O)C2c4ccccc4Oc4ccccc42)C3)no1. The molecule has 3 fully saturated rings. The van der Waals surface area contributed by atoms with E-state index in [2.05, 4.69) is 10.5 Å². The highest BCUT2D eigenvalue weighted by Crippen LogP contribution is 2.45. The third kappa shape index (κ3) is 4.08. The minimum atomic E-state index is -0.529. The number of esters is 1. The summed E-state index contributed by atoms with van der Waals surface area (Å²) in [5.41, 5.74) is 1.65. The van der Waals surface area contributed by atoms with Crippen LogP contribution >= 0.6 is 0 Å². The zero-order valence-corrected chi connectivity index (χ0v) is 19.6. The lowest BCUT2D eigenvalue weighted by Crippen LogP contribution is -2.66. The second kappa shape index (κ2) is 8.53. The van der Waals surface area contributed by atoms with Crippen LogP contribution in [0.1, 0.15) is 35.6 Å². The highest BCUT2D eigenvalue weighted by Gasteiger charge is 2.49. The van der Waals surface area contributed by atoms with Gasteiger partial charge in [0.2, 0.25) is 0 Å². The molecule has 0 aliphatic carbocycles. The molecule has 3 aromatic rings. The van der Waals surface area contributed by atoms with Crippen molar-refractivity contribution in [3.8, 4) is 11.5 Å². The van der Waals surface area contributed by atoms with E-state index in [-0.39, 0.29) is 18.0 Å². The highest BCUT2D eigenvalue weighted by atomic mass is 16.5. The van der Waals surface area contributed by atoms with Gasteiger partial charge in [-0.3, -0.25) is 9.59 Å². The van der Waals surface area contributed by atoms with Gasteiger partial charge in [0.25, 0.3) is 5.91 Å². The second-order valence-electron chi connectivity index (χ2n) is 9.92. The van der Waals surface area contributed by atoms with Gasteiger partial charge < -0.3 is 23.8 Å². The summed E-state index contributed by atoms with van der Waals surface area (Å²) in [5, 5.41) is 6.69. The maximum Gasteiger partial charge on any atom is 0.318 e. The van der Waals surface area contributed by atoms with Crippen LogP contribution in [0.3, 0.4) is 0 Å². The van der Waals surface area contributed by atoms with Gasteiger partial charge in [0.15, 0.2) is 18.5 Å². The number of carbonyl (C=O) groups is 2. The number of hydrogen-bond donors (Lipinski definition) is 1. The molecule has 35 heavy (non-hydrogen) atoms. The predicted octanol–water partition coefficient (Wildman–Crippen LogP) is 4.01. The Hall–Kier alpha value is -3.65. The Bertz CT molecular complexity index is 1230. The second-order valence-corrected chi connectivity index (χ2v) is 9.92. The lowest BCUT2D eigenvalue weighted by atomic mass is 9.82. The van der Waals surface area contributed by atoms with Gasteiger partial charge in [0, 0.05) is 36.0 Å². The van der Waals surface area contributed by atoms with Crippen LogP contribution in [-0.4, -0.2) is 53.8 Å². The normalized spacial score (nSPS) is 24.7. The average molecular weight is 475 g/mol. The van der Waals surface area contributed by atoms with E-state index < -0.39 is 5.92 Å². The molecule has 1 aromatic heterocycles. The Kier molecular flexibility index (Phi) is 5.33. The molecule has 180 valence electrons. The summed E-state index contributed by atoms with van der Waals surface area (Å²) in [6, 6.07) is 17.0. The number of piperidine rings is 3. The fourth-order valence-electron chi connectivity index (χ4n) is 5.87. The minimum absolute atomic E-state index is 0.101. The summed E-state index contributed by atoms with van der Waals surface area (Å²) in [4.78, 5) is 26.4. The number of para-hydroxylation sites is 2. The molecule has 2 aromatic carbocycles. The maximum absolute atomic E-state index is 13.7. The molecule has 0 unspecified atom stereocenters. The number of nitrogens with zero attached hydrogens (tertiary/aromatic N) is 2. The molecule has 1 atom stereocenters. The number of fused-ring (bicyclic) bond motifs is 5. The largest absolute Gasteiger partial charge is 0.457 e. The van der Waals surface area contributed by atoms with Gasteiger partial charge in [-0.1, -0.05) is 41.6 Å². The van der Waals surface area contributed by atoms with Crippen LogP contribution in [0.5, 0.6) is 11.5 Å². The topological polar surface area (TPSA) is 90.7 Å². The third-order valence-corrected chi connectivity index (χ3v) is 7.60. The van der Waals surface area contributed by atoms with Crippen molar-refractivity contribution in [3.63, 3.8) is 0 Å². The van der Waals surface area contributed by atoms with E-state index in [1.807, 2.05) is 48.5 Å². The van der Waals surface area contributed by atoms with Gasteiger partial charge in [-0.25, -0.2) is 0 Å². The molecule has 1 N–H and O–H groups in total. The zero-order chi connectivity index (χ0) is 24.0. The van der Waals surface area contributed by atoms with E-state index in [1.165, 1.54) is 0 Å². The number of carbonyl (C=O) groups excluding carboxylic acids is 2. The zero-order valence-electron chi connectivity index (χ0n) is 19.6. The first kappa shape index (κ1) is 21.9. The molecule has 1 amide bonds. The fourth-order valence-corrected chi connectivity index (χ4v) is 5.87. The monoisotopic (exact) mass is 474 g/mol. The van der Waals surface area contributed by atoms with Crippen molar-refractivity contribution >= 4 is 17.7 Å². The minimum Gasteiger partial charge on any atom is -0.457 e. The maximum atomic E-state index is 13.7. The van der Waals surface area contributed by atoms with Gasteiger partial charge in [0.1, 0.15) is 29.7 Å². The smallest absolute Gasteiger partial charge is 0.318 e. The summed E-state index contributed by atoms with van der Waals surface area (Å²) in [6.07, 6.45) is 1.67. The standard InChI is InChI=1S/C27H27N3O5/c1-17-14-24(29-35-17)28-25(31)16-30-12-10-18(11-13-30)23(15-30)34-27(32)26-19-6-2-4-8-21(19)33-22-9-5-3-7-20(22)26/h2-9,14,18,23,26H,10-13,15-16H2,1H3/p+1/t18?,23-,30?/m0/s1. The number of aryl methyl sites for hydroxylation is 1. The number of amides is 1. The van der Waals surface area contributed by atoms with E-state index in [0.29, 0.717) is 46.6 Å². The first-order valence-corrected chi connectivity index (χ1v) is 12.1. The molecule has 8 nitrogen and oxygen atoms in total. The molecule has 2 bridgehead atoms. The Balaban J connectivity index is 1.19. The molecule has 3 saturated heterocycles. The Morgan fingerprint density at radius 2 is 1.71 bits per heavy atom. The van der Waals surface area contributed by atoms with Crippen molar-refractivity contribution in [1.82, 2.24) is 5.16 Å². The Morgan fingerprint density at radius 3 is 2.34 bits per heavy atom. The van der Waals surface area contributed by atoms with E-state index in [9.17, 15) is 9.59 Å². The number of quaternary nitrogens is 1. The first-order valence-electron chi connectivity index (χ1n) is 12.1. The molecule has 5 heterocycles. The summed E-state index contributed by atoms with van der Waals surface area (Å²) in [7, 11) is 0. The molecule has 4 aliphatic heterocycles. The lowest BCUT2D eigenvalue weighted by molar-refractivity contribution is -0.938. The van der Waals surface area contributed by atoms with Gasteiger partial charge in [-0.15, -0.1) is 0 Å². The predicted molar refractivity (Wildman–Crippen MR) is 127 cm³/mol. The van der Waals surface area contributed by atoms with E-state index in [0.717, 1.165) is 37.1 Å². The molecular weight excluding hydrogens is 446 g/mol. The number of anilines is 1. The van der Waals surface area contributed by atoms with Gasteiger partial charge in [0.05, 0.1) is 13.1 Å². The first-order chi connectivity index (χ1) is 17.0. The van der Waals surface area contributed by atoms with Crippen LogP contribution in [0.4, 0.5) is 5.82 Å². The van der Waals surface area contributed by atoms with E-state index >= 15 is 0 Å². The van der Waals surface area contributed by atoms with Crippen LogP contribution in [-0.2, 0) is 14.3 Å². The number of nitrogens with one attached hydrogen (secondary N) is 1. The van der Waals surface area contributed by atoms with Crippen molar-refractivity contribution in [2.45, 2.75) is 31.8 Å². The number of rotatable bonds is 5. The van der Waals surface area contributed by atoms with Gasteiger partial charge >= 0.3 is 5.97 Å². The van der Waals surface area contributed by atoms with Crippen LogP contribution < -0.4 is 10.1 Å². The van der Waals surface area contributed by atoms with Crippen LogP contribution in [0.25, 0.3) is 0 Å². The van der Waals surface area contributed by atoms with Crippen LogP contribution in [0, 0.1) is 12.8 Å². The molecule has 0 spiro atoms. The lowest BCUT2D eigenvalue weighted by Gasteiger charge is -2.51. The number of benzene rings is 2. The quantitative estimate of drug-likeness (QED) is 0.444. The van der Waals surface area contributed by atoms with E-state index in [1.54, 1.807) is 13.0 Å². The van der Waals surface area contributed by atoms with Crippen molar-refractivity contribution in [1.29, 1.82) is 0 Å². The van der Waals surface area contributed by atoms with Crippen molar-refractivity contribution < 1.29 is 28.1 Å². The number of hydrogen-bond acceptors (Lipinski definition) is 6. The van der Waals surface area contributed by atoms with Gasteiger partial charge in [-0.05, 0) is 19.1 Å². The molecule has 0 saturated carbocycles. The Morgan fingerprint density at radius 1 is 1.06 bits per heavy atom. The summed E-state index contributed by atoms with van der Waals surface area (Å²) in [6.45, 7) is 4.58. The third-order valence-electron chi connectivity index (χ3n) is 7.60. The number of ether oxygens (including phenoxy) is 2. The summed E-state index contributed by atoms with van der Waals surface area (Å²) >= 11 is 0. The molecular formula is C27H28N3O5+. The molecule has 0 radical (unpaired) electrons. The molecule has 8 heteroatoms. The fraction of sp³-hybridized carbons (Fsp3) is 0.370. The summed E-state index contributed by atoms with van der Waals surface area (Å²) < 4.78 is 17.9. The summed E-state index contributed by atoms with van der Waals surface area (Å²) in [5.74, 6) is 1.88. The average Bonchev–Trinajstić information content (AvgIpc) is 3.26. The van der Waals surface area contributed by atoms with Gasteiger partial charge in [-0.2, -0.15) is 0 Å². The van der Waals surface area contributed by atoms with E-state index in [4.69, 9.17) is 14.0 Å². The molecule has 4 aliphatic rings. The van der Waals surface area contributed by atoms with Crippen molar-refractivity contribution in [2.24, 2.45) is 5.92 Å².